The van der Waals surface area contributed by atoms with Crippen molar-refractivity contribution >= 4 is 38.2 Å². The number of piperidine rings is 1. The van der Waals surface area contributed by atoms with Crippen LogP contribution >= 0.6 is 11.3 Å². The van der Waals surface area contributed by atoms with Crippen molar-refractivity contribution in [2.75, 3.05) is 13.1 Å². The zero-order valence-electron chi connectivity index (χ0n) is 18.1. The summed E-state index contributed by atoms with van der Waals surface area (Å²) >= 11 is 1.62. The number of fused-ring (bicyclic) bond motifs is 3. The smallest absolute Gasteiger partial charge is 0.243 e. The van der Waals surface area contributed by atoms with Gasteiger partial charge in [-0.1, -0.05) is 12.5 Å². The third-order valence-corrected chi connectivity index (χ3v) is 9.57. The van der Waals surface area contributed by atoms with Crippen LogP contribution < -0.4 is 5.32 Å². The van der Waals surface area contributed by atoms with Gasteiger partial charge in [0.2, 0.25) is 15.9 Å². The quantitative estimate of drug-likeness (QED) is 0.547. The molecule has 1 aliphatic carbocycles. The molecule has 5 rings (SSSR count). The number of aromatic amines is 1. The van der Waals surface area contributed by atoms with Crippen molar-refractivity contribution < 1.29 is 13.2 Å². The van der Waals surface area contributed by atoms with E-state index in [4.69, 9.17) is 0 Å². The van der Waals surface area contributed by atoms with E-state index in [1.54, 1.807) is 21.7 Å². The number of hydrogen-bond acceptors (Lipinski definition) is 4. The Balaban J connectivity index is 1.27. The molecule has 0 radical (unpaired) electrons. The zero-order chi connectivity index (χ0) is 22.1. The van der Waals surface area contributed by atoms with Gasteiger partial charge in [0.1, 0.15) is 0 Å². The molecule has 1 aromatic carbocycles. The highest BCUT2D eigenvalue weighted by molar-refractivity contribution is 7.89. The Kier molecular flexibility index (Phi) is 6.09. The number of carbonyl (C=O) groups is 1. The van der Waals surface area contributed by atoms with Crippen LogP contribution in [-0.4, -0.2) is 36.7 Å². The number of hydrogen-bond donors (Lipinski definition) is 2. The molecule has 1 amide bonds. The molecule has 32 heavy (non-hydrogen) atoms. The SMILES string of the molecule is O=C(NCc1cccs1)C1CCN(S(=O)(=O)c2ccc3[nH]c4c(c3c2)CCCCC4)CC1. The van der Waals surface area contributed by atoms with Crippen LogP contribution in [0.3, 0.4) is 0 Å². The van der Waals surface area contributed by atoms with Gasteiger partial charge in [-0.3, -0.25) is 4.79 Å². The lowest BCUT2D eigenvalue weighted by atomic mass is 9.97. The number of carbonyl (C=O) groups excluding carboxylic acids is 1. The van der Waals surface area contributed by atoms with Crippen molar-refractivity contribution in [1.29, 1.82) is 0 Å². The van der Waals surface area contributed by atoms with E-state index >= 15 is 0 Å². The molecular formula is C24H29N3O3S2. The van der Waals surface area contributed by atoms with Gasteiger partial charge in [-0.05, 0) is 73.7 Å². The maximum absolute atomic E-state index is 13.4. The topological polar surface area (TPSA) is 82.3 Å². The summed E-state index contributed by atoms with van der Waals surface area (Å²) in [5, 5.41) is 6.03. The molecule has 170 valence electrons. The van der Waals surface area contributed by atoms with Crippen molar-refractivity contribution in [3.63, 3.8) is 0 Å². The molecule has 3 aromatic rings. The van der Waals surface area contributed by atoms with Gasteiger partial charge in [0, 0.05) is 40.5 Å². The first-order valence-corrected chi connectivity index (χ1v) is 13.8. The van der Waals surface area contributed by atoms with Crippen LogP contribution in [-0.2, 0) is 34.2 Å². The van der Waals surface area contributed by atoms with Gasteiger partial charge in [-0.2, -0.15) is 4.31 Å². The third-order valence-electron chi connectivity index (χ3n) is 6.80. The summed E-state index contributed by atoms with van der Waals surface area (Å²) in [4.78, 5) is 17.5. The molecule has 8 heteroatoms. The van der Waals surface area contributed by atoms with E-state index in [0.717, 1.165) is 35.0 Å². The summed E-state index contributed by atoms with van der Waals surface area (Å²) in [7, 11) is -3.57. The van der Waals surface area contributed by atoms with E-state index in [1.165, 1.54) is 24.1 Å². The predicted molar refractivity (Wildman–Crippen MR) is 127 cm³/mol. The van der Waals surface area contributed by atoms with Crippen molar-refractivity contribution in [3.05, 3.63) is 51.8 Å². The second-order valence-electron chi connectivity index (χ2n) is 8.83. The first-order valence-electron chi connectivity index (χ1n) is 11.5. The number of aryl methyl sites for hydroxylation is 2. The Morgan fingerprint density at radius 3 is 2.72 bits per heavy atom. The minimum atomic E-state index is -3.57. The van der Waals surface area contributed by atoms with Gasteiger partial charge in [0.25, 0.3) is 0 Å². The number of nitrogens with zero attached hydrogens (tertiary/aromatic N) is 1. The van der Waals surface area contributed by atoms with Crippen LogP contribution in [0.1, 0.15) is 48.2 Å². The van der Waals surface area contributed by atoms with Crippen molar-refractivity contribution in [2.45, 2.75) is 56.4 Å². The summed E-state index contributed by atoms with van der Waals surface area (Å²) in [5.74, 6) is -0.115. The highest BCUT2D eigenvalue weighted by Crippen LogP contribution is 2.32. The average Bonchev–Trinajstić information content (AvgIpc) is 3.39. The van der Waals surface area contributed by atoms with E-state index in [-0.39, 0.29) is 11.8 Å². The molecule has 2 aliphatic rings. The van der Waals surface area contributed by atoms with Crippen LogP contribution in [0.15, 0.2) is 40.6 Å². The average molecular weight is 472 g/mol. The molecule has 1 saturated heterocycles. The Morgan fingerprint density at radius 1 is 1.12 bits per heavy atom. The van der Waals surface area contributed by atoms with Crippen LogP contribution in [0.4, 0.5) is 0 Å². The highest BCUT2D eigenvalue weighted by atomic mass is 32.2. The highest BCUT2D eigenvalue weighted by Gasteiger charge is 2.32. The summed E-state index contributed by atoms with van der Waals surface area (Å²) in [6.45, 7) is 1.29. The Morgan fingerprint density at radius 2 is 1.94 bits per heavy atom. The minimum Gasteiger partial charge on any atom is -0.358 e. The first kappa shape index (κ1) is 21.7. The molecule has 0 spiro atoms. The van der Waals surface area contributed by atoms with Gasteiger partial charge in [-0.15, -0.1) is 11.3 Å². The summed E-state index contributed by atoms with van der Waals surface area (Å²) in [6, 6.07) is 9.44. The number of thiophene rings is 1. The maximum atomic E-state index is 13.4. The number of sulfonamides is 1. The number of nitrogens with one attached hydrogen (secondary N) is 2. The molecule has 3 heterocycles. The maximum Gasteiger partial charge on any atom is 0.243 e. The van der Waals surface area contributed by atoms with Gasteiger partial charge >= 0.3 is 0 Å². The Bertz CT molecular complexity index is 1210. The third kappa shape index (κ3) is 4.23. The summed E-state index contributed by atoms with van der Waals surface area (Å²) in [5.41, 5.74) is 3.58. The van der Waals surface area contributed by atoms with Gasteiger partial charge in [0.05, 0.1) is 11.4 Å². The van der Waals surface area contributed by atoms with Crippen molar-refractivity contribution in [3.8, 4) is 0 Å². The molecule has 0 saturated carbocycles. The monoisotopic (exact) mass is 471 g/mol. The van der Waals surface area contributed by atoms with E-state index in [2.05, 4.69) is 10.3 Å². The normalized spacial score (nSPS) is 18.4. The fourth-order valence-electron chi connectivity index (χ4n) is 4.96. The molecule has 0 unspecified atom stereocenters. The first-order chi connectivity index (χ1) is 15.5. The van der Waals surface area contributed by atoms with E-state index in [1.807, 2.05) is 29.6 Å². The summed E-state index contributed by atoms with van der Waals surface area (Å²) < 4.78 is 28.3. The minimum absolute atomic E-state index is 0.0203. The number of benzene rings is 1. The summed E-state index contributed by atoms with van der Waals surface area (Å²) in [6.07, 6.45) is 6.70. The van der Waals surface area contributed by atoms with Gasteiger partial charge in [-0.25, -0.2) is 8.42 Å². The Hall–Kier alpha value is -2.16. The molecule has 6 nitrogen and oxygen atoms in total. The zero-order valence-corrected chi connectivity index (χ0v) is 19.7. The van der Waals surface area contributed by atoms with Crippen LogP contribution in [0.5, 0.6) is 0 Å². The lowest BCUT2D eigenvalue weighted by Gasteiger charge is -2.30. The van der Waals surface area contributed by atoms with Crippen molar-refractivity contribution in [1.82, 2.24) is 14.6 Å². The van der Waals surface area contributed by atoms with Crippen molar-refractivity contribution in [2.24, 2.45) is 5.92 Å². The van der Waals surface area contributed by atoms with E-state index in [0.29, 0.717) is 37.4 Å². The fraction of sp³-hybridized carbons (Fsp3) is 0.458. The molecule has 2 N–H and O–H groups in total. The van der Waals surface area contributed by atoms with Gasteiger partial charge in [0.15, 0.2) is 0 Å². The molecule has 1 fully saturated rings. The number of rotatable bonds is 5. The number of H-pyrrole nitrogens is 1. The largest absolute Gasteiger partial charge is 0.358 e. The molecule has 0 atom stereocenters. The van der Waals surface area contributed by atoms with E-state index in [9.17, 15) is 13.2 Å². The van der Waals surface area contributed by atoms with Crippen LogP contribution in [0, 0.1) is 5.92 Å². The standard InChI is InChI=1S/C24H29N3O3S2/c28-24(25-16-18-5-4-14-31-18)17-10-12-27(13-11-17)32(29,30)19-8-9-23-21(15-19)20-6-2-1-3-7-22(20)26-23/h4-5,8-9,14-15,17,26H,1-3,6-7,10-13,16H2,(H,25,28). The molecule has 2 aromatic heterocycles. The lowest BCUT2D eigenvalue weighted by molar-refractivity contribution is -0.126. The number of amides is 1. The number of aromatic nitrogens is 1. The second kappa shape index (κ2) is 9.00. The molecular weight excluding hydrogens is 442 g/mol. The van der Waals surface area contributed by atoms with E-state index < -0.39 is 10.0 Å². The second-order valence-corrected chi connectivity index (χ2v) is 11.8. The van der Waals surface area contributed by atoms with Crippen LogP contribution in [0.25, 0.3) is 10.9 Å². The predicted octanol–water partition coefficient (Wildman–Crippen LogP) is 4.22. The lowest BCUT2D eigenvalue weighted by Crippen LogP contribution is -2.42. The fourth-order valence-corrected chi connectivity index (χ4v) is 7.10. The van der Waals surface area contributed by atoms with Crippen LogP contribution in [0.2, 0.25) is 0 Å². The van der Waals surface area contributed by atoms with Gasteiger partial charge < -0.3 is 10.3 Å². The molecule has 0 bridgehead atoms. The molecule has 1 aliphatic heterocycles. The Labute approximate surface area is 193 Å².